The van der Waals surface area contributed by atoms with Crippen LogP contribution >= 0.6 is 0 Å². The third kappa shape index (κ3) is 2.79. The fraction of sp³-hybridized carbons (Fsp3) is 0.231. The number of rotatable bonds is 3. The molecular formula is C13H13NO3. The zero-order chi connectivity index (χ0) is 12.1. The maximum absolute atomic E-state index is 11.8. The van der Waals surface area contributed by atoms with E-state index in [0.717, 1.165) is 5.56 Å². The fourth-order valence-corrected chi connectivity index (χ4v) is 1.66. The molecule has 1 heterocycles. The van der Waals surface area contributed by atoms with Gasteiger partial charge in [0, 0.05) is 12.6 Å². The molecule has 1 aromatic carbocycles. The second-order valence-corrected chi connectivity index (χ2v) is 3.67. The first-order valence-corrected chi connectivity index (χ1v) is 5.42. The van der Waals surface area contributed by atoms with Gasteiger partial charge in [-0.15, -0.1) is 0 Å². The molecule has 17 heavy (non-hydrogen) atoms. The van der Waals surface area contributed by atoms with Crippen LogP contribution in [0.15, 0.2) is 36.4 Å². The minimum absolute atomic E-state index is 0.205. The Balaban J connectivity index is 2.02. The van der Waals surface area contributed by atoms with E-state index in [9.17, 15) is 9.59 Å². The minimum Gasteiger partial charge on any atom is -0.349 e. The normalized spacial score (nSPS) is 19.8. The maximum Gasteiger partial charge on any atom is 0.249 e. The highest BCUT2D eigenvalue weighted by Crippen LogP contribution is 2.09. The van der Waals surface area contributed by atoms with E-state index in [1.807, 2.05) is 30.3 Å². The molecule has 4 heteroatoms. The molecule has 0 radical (unpaired) electrons. The molecule has 0 aliphatic carbocycles. The lowest BCUT2D eigenvalue weighted by molar-refractivity contribution is -0.136. The topological polar surface area (TPSA) is 46.6 Å². The van der Waals surface area contributed by atoms with Gasteiger partial charge in [-0.25, -0.2) is 0 Å². The van der Waals surface area contributed by atoms with Gasteiger partial charge in [-0.1, -0.05) is 30.3 Å². The van der Waals surface area contributed by atoms with Crippen molar-refractivity contribution in [2.24, 2.45) is 0 Å². The summed E-state index contributed by atoms with van der Waals surface area (Å²) < 4.78 is 5.09. The Bertz CT molecular complexity index is 428. The van der Waals surface area contributed by atoms with Crippen molar-refractivity contribution in [3.05, 3.63) is 42.0 Å². The molecule has 88 valence electrons. The summed E-state index contributed by atoms with van der Waals surface area (Å²) in [5.41, 5.74) is 0.948. The number of amides is 1. The van der Waals surface area contributed by atoms with Crippen LogP contribution in [0.3, 0.4) is 0 Å². The predicted molar refractivity (Wildman–Crippen MR) is 63.0 cm³/mol. The molecule has 0 bridgehead atoms. The van der Waals surface area contributed by atoms with Crippen molar-refractivity contribution < 1.29 is 14.3 Å². The second-order valence-electron chi connectivity index (χ2n) is 3.67. The minimum atomic E-state index is -0.733. The molecular weight excluding hydrogens is 218 g/mol. The van der Waals surface area contributed by atoms with Crippen molar-refractivity contribution in [1.82, 2.24) is 4.90 Å². The summed E-state index contributed by atoms with van der Waals surface area (Å²) in [6, 6.07) is 9.52. The molecule has 1 aliphatic rings. The Hall–Kier alpha value is -1.94. The molecule has 1 amide bonds. The maximum atomic E-state index is 11.8. The SMILES string of the molecule is O=CC1OCCN1C(=O)C=Cc1ccccc1. The summed E-state index contributed by atoms with van der Waals surface area (Å²) in [7, 11) is 0. The standard InChI is InChI=1S/C13H13NO3/c15-10-13-14(8-9-17-13)12(16)7-6-11-4-2-1-3-5-11/h1-7,10,13H,8-9H2. The monoisotopic (exact) mass is 231 g/mol. The summed E-state index contributed by atoms with van der Waals surface area (Å²) in [6.07, 6.45) is 3.09. The molecule has 0 spiro atoms. The van der Waals surface area contributed by atoms with E-state index in [4.69, 9.17) is 4.74 Å². The highest BCUT2D eigenvalue weighted by molar-refractivity contribution is 5.93. The van der Waals surface area contributed by atoms with Gasteiger partial charge < -0.3 is 9.64 Å². The van der Waals surface area contributed by atoms with Crippen LogP contribution in [0.4, 0.5) is 0 Å². The van der Waals surface area contributed by atoms with Gasteiger partial charge in [0.25, 0.3) is 0 Å². The molecule has 1 saturated heterocycles. The Morgan fingerprint density at radius 2 is 2.12 bits per heavy atom. The Kier molecular flexibility index (Phi) is 3.67. The number of hydrogen-bond acceptors (Lipinski definition) is 3. The van der Waals surface area contributed by atoms with Gasteiger partial charge in [0.15, 0.2) is 12.5 Å². The lowest BCUT2D eigenvalue weighted by Gasteiger charge is -2.16. The Labute approximate surface area is 99.5 Å². The highest BCUT2D eigenvalue weighted by Gasteiger charge is 2.27. The molecule has 0 N–H and O–H groups in total. The molecule has 1 unspecified atom stereocenters. The first kappa shape index (κ1) is 11.5. The molecule has 1 aliphatic heterocycles. The molecule has 1 atom stereocenters. The van der Waals surface area contributed by atoms with Gasteiger partial charge in [-0.2, -0.15) is 0 Å². The third-order valence-corrected chi connectivity index (χ3v) is 2.55. The van der Waals surface area contributed by atoms with Gasteiger partial charge in [0.2, 0.25) is 5.91 Å². The van der Waals surface area contributed by atoms with E-state index in [1.165, 1.54) is 11.0 Å². The highest BCUT2D eigenvalue weighted by atomic mass is 16.5. The number of hydrogen-bond donors (Lipinski definition) is 0. The van der Waals surface area contributed by atoms with Crippen molar-refractivity contribution in [3.8, 4) is 0 Å². The number of carbonyl (C=O) groups is 2. The van der Waals surface area contributed by atoms with E-state index in [1.54, 1.807) is 6.08 Å². The Morgan fingerprint density at radius 1 is 1.35 bits per heavy atom. The lowest BCUT2D eigenvalue weighted by atomic mass is 10.2. The zero-order valence-electron chi connectivity index (χ0n) is 9.28. The number of nitrogens with zero attached hydrogens (tertiary/aromatic N) is 1. The largest absolute Gasteiger partial charge is 0.349 e. The Morgan fingerprint density at radius 3 is 2.82 bits per heavy atom. The molecule has 2 rings (SSSR count). The van der Waals surface area contributed by atoms with Gasteiger partial charge in [-0.3, -0.25) is 9.59 Å². The van der Waals surface area contributed by atoms with Gasteiger partial charge >= 0.3 is 0 Å². The average Bonchev–Trinajstić information content (AvgIpc) is 2.85. The van der Waals surface area contributed by atoms with Crippen molar-refractivity contribution in [3.63, 3.8) is 0 Å². The number of benzene rings is 1. The van der Waals surface area contributed by atoms with Crippen molar-refractivity contribution in [1.29, 1.82) is 0 Å². The fourth-order valence-electron chi connectivity index (χ4n) is 1.66. The lowest BCUT2D eigenvalue weighted by Crippen LogP contribution is -2.35. The van der Waals surface area contributed by atoms with Crippen LogP contribution in [-0.4, -0.2) is 36.5 Å². The molecule has 0 aromatic heterocycles. The average molecular weight is 231 g/mol. The summed E-state index contributed by atoms with van der Waals surface area (Å²) in [6.45, 7) is 0.871. The van der Waals surface area contributed by atoms with E-state index in [-0.39, 0.29) is 5.91 Å². The summed E-state index contributed by atoms with van der Waals surface area (Å²) in [4.78, 5) is 23.9. The van der Waals surface area contributed by atoms with E-state index >= 15 is 0 Å². The predicted octanol–water partition coefficient (Wildman–Crippen LogP) is 1.08. The number of ether oxygens (including phenoxy) is 1. The van der Waals surface area contributed by atoms with Gasteiger partial charge in [-0.05, 0) is 11.6 Å². The number of aldehydes is 1. The van der Waals surface area contributed by atoms with Crippen LogP contribution in [0.1, 0.15) is 5.56 Å². The summed E-state index contributed by atoms with van der Waals surface area (Å²) in [5, 5.41) is 0. The van der Waals surface area contributed by atoms with Crippen LogP contribution in [0.5, 0.6) is 0 Å². The summed E-state index contributed by atoms with van der Waals surface area (Å²) >= 11 is 0. The quantitative estimate of drug-likeness (QED) is 0.577. The zero-order valence-corrected chi connectivity index (χ0v) is 9.28. The van der Waals surface area contributed by atoms with E-state index < -0.39 is 6.23 Å². The van der Waals surface area contributed by atoms with Crippen LogP contribution in [0.2, 0.25) is 0 Å². The third-order valence-electron chi connectivity index (χ3n) is 2.55. The van der Waals surface area contributed by atoms with Crippen LogP contribution in [0, 0.1) is 0 Å². The van der Waals surface area contributed by atoms with E-state index in [2.05, 4.69) is 0 Å². The first-order chi connectivity index (χ1) is 8.31. The van der Waals surface area contributed by atoms with Crippen LogP contribution in [0.25, 0.3) is 6.08 Å². The smallest absolute Gasteiger partial charge is 0.249 e. The number of carbonyl (C=O) groups excluding carboxylic acids is 2. The van der Waals surface area contributed by atoms with Crippen molar-refractivity contribution >= 4 is 18.3 Å². The molecule has 4 nitrogen and oxygen atoms in total. The van der Waals surface area contributed by atoms with Crippen molar-refractivity contribution in [2.75, 3.05) is 13.2 Å². The van der Waals surface area contributed by atoms with Crippen LogP contribution in [-0.2, 0) is 14.3 Å². The van der Waals surface area contributed by atoms with Crippen LogP contribution < -0.4 is 0 Å². The molecule has 0 saturated carbocycles. The summed E-state index contributed by atoms with van der Waals surface area (Å²) in [5.74, 6) is -0.205. The van der Waals surface area contributed by atoms with E-state index in [0.29, 0.717) is 19.4 Å². The van der Waals surface area contributed by atoms with Gasteiger partial charge in [0.1, 0.15) is 0 Å². The van der Waals surface area contributed by atoms with Crippen molar-refractivity contribution in [2.45, 2.75) is 6.23 Å². The second kappa shape index (κ2) is 5.41. The molecule has 1 aromatic rings. The first-order valence-electron chi connectivity index (χ1n) is 5.42. The molecule has 1 fully saturated rings. The van der Waals surface area contributed by atoms with Gasteiger partial charge in [0.05, 0.1) is 6.61 Å².